The zero-order chi connectivity index (χ0) is 13.3. The maximum absolute atomic E-state index is 13.1. The Kier molecular flexibility index (Phi) is 3.49. The molecular weight excluding hydrogens is 257 g/mol. The standard InChI is InChI=1S/C11H7F5NO/c12-7-6(4-18-17-3-5-1-2-5)8(13)10(15)11(16)9(7)14/h5H,1-2,4H2. The summed E-state index contributed by atoms with van der Waals surface area (Å²) >= 11 is 0. The summed E-state index contributed by atoms with van der Waals surface area (Å²) in [5, 5.41) is 3.27. The summed E-state index contributed by atoms with van der Waals surface area (Å²) in [4.78, 5) is 4.46. The molecule has 1 aliphatic carbocycles. The van der Waals surface area contributed by atoms with Gasteiger partial charge in [0, 0.05) is 5.92 Å². The highest BCUT2D eigenvalue weighted by molar-refractivity contribution is 5.62. The van der Waals surface area contributed by atoms with Crippen molar-refractivity contribution < 1.29 is 26.8 Å². The van der Waals surface area contributed by atoms with Crippen LogP contribution in [-0.2, 0) is 11.4 Å². The maximum Gasteiger partial charge on any atom is 0.200 e. The van der Waals surface area contributed by atoms with Crippen molar-refractivity contribution in [2.24, 2.45) is 11.1 Å². The van der Waals surface area contributed by atoms with E-state index in [0.717, 1.165) is 12.8 Å². The number of hydrogen-bond acceptors (Lipinski definition) is 2. The third kappa shape index (κ3) is 2.44. The molecule has 1 saturated carbocycles. The molecule has 2 nitrogen and oxygen atoms in total. The van der Waals surface area contributed by atoms with Crippen molar-refractivity contribution in [3.05, 3.63) is 34.6 Å². The average molecular weight is 264 g/mol. The molecule has 97 valence electrons. The second kappa shape index (κ2) is 4.91. The fourth-order valence-corrected chi connectivity index (χ4v) is 1.20. The molecule has 1 aromatic rings. The molecule has 0 aliphatic heterocycles. The lowest BCUT2D eigenvalue weighted by Gasteiger charge is -2.06. The van der Waals surface area contributed by atoms with E-state index in [4.69, 9.17) is 0 Å². The summed E-state index contributed by atoms with van der Waals surface area (Å²) < 4.78 is 64.5. The molecule has 0 unspecified atom stereocenters. The van der Waals surface area contributed by atoms with Gasteiger partial charge < -0.3 is 4.84 Å². The summed E-state index contributed by atoms with van der Waals surface area (Å²) in [6.45, 7) is -0.842. The summed E-state index contributed by atoms with van der Waals surface area (Å²) in [7, 11) is 0. The average Bonchev–Trinajstić information content (AvgIpc) is 3.17. The van der Waals surface area contributed by atoms with Gasteiger partial charge >= 0.3 is 0 Å². The van der Waals surface area contributed by atoms with E-state index in [0.29, 0.717) is 0 Å². The number of nitrogens with zero attached hydrogens (tertiary/aromatic N) is 1. The van der Waals surface area contributed by atoms with Crippen LogP contribution in [0.4, 0.5) is 22.0 Å². The summed E-state index contributed by atoms with van der Waals surface area (Å²) in [6, 6.07) is 0. The largest absolute Gasteiger partial charge is 0.390 e. The first-order chi connectivity index (χ1) is 8.52. The molecule has 0 spiro atoms. The van der Waals surface area contributed by atoms with Crippen LogP contribution in [0, 0.1) is 35.0 Å². The van der Waals surface area contributed by atoms with Crippen molar-refractivity contribution in [2.45, 2.75) is 19.4 Å². The summed E-state index contributed by atoms with van der Waals surface area (Å²) in [5.74, 6) is -9.85. The van der Waals surface area contributed by atoms with Crippen LogP contribution in [0.25, 0.3) is 0 Å². The van der Waals surface area contributed by atoms with Crippen molar-refractivity contribution in [1.29, 1.82) is 0 Å². The third-order valence-electron chi connectivity index (χ3n) is 2.39. The van der Waals surface area contributed by atoms with E-state index >= 15 is 0 Å². The number of hydrogen-bond donors (Lipinski definition) is 0. The molecule has 2 rings (SSSR count). The zero-order valence-electron chi connectivity index (χ0n) is 8.94. The van der Waals surface area contributed by atoms with Crippen molar-refractivity contribution in [3.8, 4) is 0 Å². The topological polar surface area (TPSA) is 21.6 Å². The molecule has 1 aromatic carbocycles. The second-order valence-electron chi connectivity index (χ2n) is 3.82. The Bertz CT molecular complexity index is 470. The van der Waals surface area contributed by atoms with Gasteiger partial charge in [0.15, 0.2) is 23.3 Å². The first kappa shape index (κ1) is 12.8. The van der Waals surface area contributed by atoms with Crippen LogP contribution in [0.2, 0.25) is 0 Å². The zero-order valence-corrected chi connectivity index (χ0v) is 8.94. The predicted molar refractivity (Wildman–Crippen MR) is 51.2 cm³/mol. The van der Waals surface area contributed by atoms with E-state index in [1.807, 2.05) is 0 Å². The van der Waals surface area contributed by atoms with Gasteiger partial charge in [0.1, 0.15) is 12.8 Å². The molecule has 0 bridgehead atoms. The molecule has 0 heterocycles. The van der Waals surface area contributed by atoms with Crippen LogP contribution in [0.1, 0.15) is 18.4 Å². The van der Waals surface area contributed by atoms with Gasteiger partial charge in [0.2, 0.25) is 5.82 Å². The van der Waals surface area contributed by atoms with Crippen LogP contribution < -0.4 is 0 Å². The fraction of sp³-hybridized carbons (Fsp3) is 0.364. The minimum absolute atomic E-state index is 0.154. The van der Waals surface area contributed by atoms with Crippen molar-refractivity contribution >= 4 is 6.21 Å². The SMILES string of the molecule is Fc1c(F)c(F)c(CO/N=[C]\C2CC2)c(F)c1F. The Morgan fingerprint density at radius 2 is 1.44 bits per heavy atom. The minimum atomic E-state index is -2.19. The highest BCUT2D eigenvalue weighted by atomic mass is 19.2. The molecule has 7 heteroatoms. The molecule has 0 saturated heterocycles. The van der Waals surface area contributed by atoms with Crippen LogP contribution in [0.5, 0.6) is 0 Å². The lowest BCUT2D eigenvalue weighted by atomic mass is 10.2. The number of rotatable bonds is 4. The monoisotopic (exact) mass is 264 g/mol. The first-order valence-electron chi connectivity index (χ1n) is 5.10. The molecule has 1 aliphatic rings. The number of halogens is 5. The lowest BCUT2D eigenvalue weighted by molar-refractivity contribution is 0.123. The fourth-order valence-electron chi connectivity index (χ4n) is 1.20. The van der Waals surface area contributed by atoms with Gasteiger partial charge in [-0.1, -0.05) is 5.16 Å². The lowest BCUT2D eigenvalue weighted by Crippen LogP contribution is -2.07. The van der Waals surface area contributed by atoms with Crippen LogP contribution in [-0.4, -0.2) is 6.21 Å². The van der Waals surface area contributed by atoms with E-state index in [2.05, 4.69) is 16.2 Å². The van der Waals surface area contributed by atoms with Gasteiger partial charge in [-0.05, 0) is 12.8 Å². The second-order valence-corrected chi connectivity index (χ2v) is 3.82. The highest BCUT2D eigenvalue weighted by Gasteiger charge is 2.26. The first-order valence-corrected chi connectivity index (χ1v) is 5.10. The molecule has 1 fully saturated rings. The van der Waals surface area contributed by atoms with E-state index in [-0.39, 0.29) is 5.92 Å². The van der Waals surface area contributed by atoms with Gasteiger partial charge in [-0.25, -0.2) is 22.0 Å². The van der Waals surface area contributed by atoms with Gasteiger partial charge in [0.25, 0.3) is 0 Å². The van der Waals surface area contributed by atoms with Gasteiger partial charge in [-0.15, -0.1) is 0 Å². The minimum Gasteiger partial charge on any atom is -0.390 e. The van der Waals surface area contributed by atoms with Crippen LogP contribution in [0.15, 0.2) is 5.16 Å². The van der Waals surface area contributed by atoms with E-state index < -0.39 is 41.3 Å². The van der Waals surface area contributed by atoms with E-state index in [1.54, 1.807) is 0 Å². The van der Waals surface area contributed by atoms with Gasteiger partial charge in [0.05, 0.1) is 5.56 Å². The Hall–Kier alpha value is -1.66. The Labute approximate surface area is 99.0 Å². The highest BCUT2D eigenvalue weighted by Crippen LogP contribution is 2.27. The molecule has 0 atom stereocenters. The van der Waals surface area contributed by atoms with Crippen LogP contribution in [0.3, 0.4) is 0 Å². The molecule has 0 aromatic heterocycles. The van der Waals surface area contributed by atoms with Crippen molar-refractivity contribution in [3.63, 3.8) is 0 Å². The van der Waals surface area contributed by atoms with Crippen molar-refractivity contribution in [1.82, 2.24) is 0 Å². The van der Waals surface area contributed by atoms with Crippen molar-refractivity contribution in [2.75, 3.05) is 0 Å². The van der Waals surface area contributed by atoms with Gasteiger partial charge in [-0.3, -0.25) is 0 Å². The molecule has 0 amide bonds. The Morgan fingerprint density at radius 1 is 0.944 bits per heavy atom. The Morgan fingerprint density at radius 3 is 1.94 bits per heavy atom. The third-order valence-corrected chi connectivity index (χ3v) is 2.39. The normalized spacial score (nSPS) is 15.4. The molecular formula is C11H7F5NO. The maximum atomic E-state index is 13.1. The van der Waals surface area contributed by atoms with E-state index in [1.165, 1.54) is 0 Å². The predicted octanol–water partition coefficient (Wildman–Crippen LogP) is 3.17. The van der Waals surface area contributed by atoms with Gasteiger partial charge in [-0.2, -0.15) is 0 Å². The Balaban J connectivity index is 2.15. The quantitative estimate of drug-likeness (QED) is 0.269. The number of benzene rings is 1. The molecule has 0 N–H and O–H groups in total. The van der Waals surface area contributed by atoms with Crippen LogP contribution >= 0.6 is 0 Å². The smallest absolute Gasteiger partial charge is 0.200 e. The molecule has 18 heavy (non-hydrogen) atoms. The summed E-state index contributed by atoms with van der Waals surface area (Å²) in [6.07, 6.45) is 4.30. The molecule has 1 radical (unpaired) electrons. The summed E-state index contributed by atoms with van der Waals surface area (Å²) in [5.41, 5.74) is -1.05. The van der Waals surface area contributed by atoms with E-state index in [9.17, 15) is 22.0 Å².